The quantitative estimate of drug-likeness (QED) is 0.358. The molecule has 1 heterocycles. The van der Waals surface area contributed by atoms with Crippen LogP contribution >= 0.6 is 11.8 Å². The summed E-state index contributed by atoms with van der Waals surface area (Å²) in [6, 6.07) is 9.69. The van der Waals surface area contributed by atoms with Gasteiger partial charge < -0.3 is 5.32 Å². The lowest BCUT2D eigenvalue weighted by molar-refractivity contribution is -0.137. The van der Waals surface area contributed by atoms with E-state index in [4.69, 9.17) is 4.99 Å². The Morgan fingerprint density at radius 3 is 2.43 bits per heavy atom. The topological polar surface area (TPSA) is 82.9 Å². The molecule has 1 aliphatic rings. The van der Waals surface area contributed by atoms with E-state index in [0.29, 0.717) is 41.8 Å². The van der Waals surface area contributed by atoms with Gasteiger partial charge in [0.2, 0.25) is 10.0 Å². The molecule has 0 saturated carbocycles. The first-order valence-electron chi connectivity index (χ1n) is 11.9. The molecule has 0 fully saturated rings. The van der Waals surface area contributed by atoms with Gasteiger partial charge in [-0.05, 0) is 73.5 Å². The summed E-state index contributed by atoms with van der Waals surface area (Å²) in [6.07, 6.45) is -1.39. The standard InChI is InChI=1S/C26H31F3N4O2S2/c1-5-18-12-21(13-25(31-15-18)33-20-8-6-19(7-9-20)26(27,28)29)32-23-14-22(37(34,35)30-4)10-11-24(23)36-16-17(2)3/h6-12,14,17,30H,5,13,15-16H2,1-4H3,(H,31,33). The van der Waals surface area contributed by atoms with Gasteiger partial charge in [0.1, 0.15) is 5.84 Å². The minimum Gasteiger partial charge on any atom is -0.344 e. The van der Waals surface area contributed by atoms with E-state index in [1.807, 2.05) is 13.0 Å². The third-order valence-corrected chi connectivity index (χ3v) is 8.39. The molecule has 0 spiro atoms. The number of allylic oxidation sites excluding steroid dienone is 1. The fraction of sp³-hybridized carbons (Fsp3) is 0.385. The average Bonchev–Trinajstić information content (AvgIpc) is 3.04. The molecule has 6 nitrogen and oxygen atoms in total. The van der Waals surface area contributed by atoms with Crippen molar-refractivity contribution in [2.75, 3.05) is 24.7 Å². The first-order valence-corrected chi connectivity index (χ1v) is 14.3. The zero-order valence-corrected chi connectivity index (χ0v) is 22.8. The fourth-order valence-electron chi connectivity index (χ4n) is 3.44. The van der Waals surface area contributed by atoms with Crippen LogP contribution in [0.25, 0.3) is 0 Å². The molecule has 1 aliphatic heterocycles. The lowest BCUT2D eigenvalue weighted by Gasteiger charge is -2.13. The third-order valence-electron chi connectivity index (χ3n) is 5.49. The summed E-state index contributed by atoms with van der Waals surface area (Å²) in [5, 5.41) is 3.12. The monoisotopic (exact) mass is 552 g/mol. The number of halogens is 3. The Balaban J connectivity index is 1.96. The molecule has 0 radical (unpaired) electrons. The second kappa shape index (κ2) is 12.3. The minimum atomic E-state index is -4.40. The van der Waals surface area contributed by atoms with Crippen LogP contribution in [0.4, 0.5) is 24.5 Å². The molecule has 3 rings (SSSR count). The van der Waals surface area contributed by atoms with Crippen molar-refractivity contribution >= 4 is 44.7 Å². The number of hydrogen-bond donors (Lipinski definition) is 2. The highest BCUT2D eigenvalue weighted by atomic mass is 32.2. The van der Waals surface area contributed by atoms with E-state index < -0.39 is 21.8 Å². The van der Waals surface area contributed by atoms with Gasteiger partial charge in [0, 0.05) is 28.5 Å². The van der Waals surface area contributed by atoms with E-state index in [1.165, 1.54) is 19.2 Å². The lowest BCUT2D eigenvalue weighted by atomic mass is 10.1. The molecule has 0 saturated heterocycles. The predicted molar refractivity (Wildman–Crippen MR) is 146 cm³/mol. The Morgan fingerprint density at radius 2 is 1.84 bits per heavy atom. The zero-order valence-electron chi connectivity index (χ0n) is 21.2. The van der Waals surface area contributed by atoms with Crippen molar-refractivity contribution in [1.82, 2.24) is 4.72 Å². The van der Waals surface area contributed by atoms with Crippen LogP contribution in [0.5, 0.6) is 0 Å². The Morgan fingerprint density at radius 1 is 1.14 bits per heavy atom. The normalized spacial score (nSPS) is 15.9. The SMILES string of the molecule is CCC1=CC(=Nc2cc(S(=O)(=O)NC)ccc2SCC(C)C)CC(Nc2ccc(C(F)(F)F)cc2)=NC1. The van der Waals surface area contributed by atoms with Gasteiger partial charge in [-0.2, -0.15) is 13.2 Å². The molecule has 2 aromatic rings. The molecule has 2 aromatic carbocycles. The maximum atomic E-state index is 12.9. The molecule has 2 N–H and O–H groups in total. The summed E-state index contributed by atoms with van der Waals surface area (Å²) < 4.78 is 66.0. The van der Waals surface area contributed by atoms with Gasteiger partial charge in [-0.3, -0.25) is 9.98 Å². The number of thioether (sulfide) groups is 1. The Bertz CT molecular complexity index is 1300. The summed E-state index contributed by atoms with van der Waals surface area (Å²) in [7, 11) is -2.30. The lowest BCUT2D eigenvalue weighted by Crippen LogP contribution is -2.18. The molecular weight excluding hydrogens is 521 g/mol. The summed E-state index contributed by atoms with van der Waals surface area (Å²) >= 11 is 1.61. The van der Waals surface area contributed by atoms with Crippen molar-refractivity contribution in [1.29, 1.82) is 0 Å². The summed E-state index contributed by atoms with van der Waals surface area (Å²) in [4.78, 5) is 10.4. The average molecular weight is 553 g/mol. The van der Waals surface area contributed by atoms with Crippen molar-refractivity contribution in [2.45, 2.75) is 49.6 Å². The number of amidine groups is 1. The molecule has 200 valence electrons. The van der Waals surface area contributed by atoms with Gasteiger partial charge in [-0.15, -0.1) is 11.8 Å². The van der Waals surface area contributed by atoms with E-state index in [2.05, 4.69) is 28.9 Å². The van der Waals surface area contributed by atoms with Gasteiger partial charge in [-0.1, -0.05) is 20.8 Å². The number of rotatable bonds is 8. The number of alkyl halides is 3. The zero-order chi connectivity index (χ0) is 27.2. The van der Waals surface area contributed by atoms with Gasteiger partial charge in [0.05, 0.1) is 22.7 Å². The summed E-state index contributed by atoms with van der Waals surface area (Å²) in [5.41, 5.74) is 2.03. The molecule has 0 aromatic heterocycles. The van der Waals surface area contributed by atoms with Crippen molar-refractivity contribution in [3.05, 3.63) is 59.7 Å². The number of nitrogens with zero attached hydrogens (tertiary/aromatic N) is 2. The van der Waals surface area contributed by atoms with Gasteiger partial charge in [0.15, 0.2) is 0 Å². The molecule has 0 amide bonds. The Labute approximate surface area is 220 Å². The van der Waals surface area contributed by atoms with Crippen LogP contribution in [0, 0.1) is 5.92 Å². The molecule has 0 atom stereocenters. The van der Waals surface area contributed by atoms with Gasteiger partial charge in [0.25, 0.3) is 0 Å². The third kappa shape index (κ3) is 8.18. The van der Waals surface area contributed by atoms with Crippen molar-refractivity contribution < 1.29 is 21.6 Å². The molecule has 37 heavy (non-hydrogen) atoms. The van der Waals surface area contributed by atoms with Crippen molar-refractivity contribution in [3.63, 3.8) is 0 Å². The van der Waals surface area contributed by atoms with E-state index in [0.717, 1.165) is 34.8 Å². The van der Waals surface area contributed by atoms with E-state index in [9.17, 15) is 21.6 Å². The van der Waals surface area contributed by atoms with Crippen molar-refractivity contribution in [2.24, 2.45) is 15.9 Å². The van der Waals surface area contributed by atoms with Crippen LogP contribution in [0.1, 0.15) is 39.2 Å². The molecule has 0 unspecified atom stereocenters. The highest BCUT2D eigenvalue weighted by Crippen LogP contribution is 2.34. The van der Waals surface area contributed by atoms with Crippen LogP contribution in [0.2, 0.25) is 0 Å². The maximum absolute atomic E-state index is 12.9. The van der Waals surface area contributed by atoms with Crippen LogP contribution in [-0.4, -0.2) is 39.3 Å². The maximum Gasteiger partial charge on any atom is 0.416 e. The number of benzene rings is 2. The number of sulfonamides is 1. The van der Waals surface area contributed by atoms with Crippen molar-refractivity contribution in [3.8, 4) is 0 Å². The van der Waals surface area contributed by atoms with Crippen LogP contribution in [0.3, 0.4) is 0 Å². The van der Waals surface area contributed by atoms with Crippen LogP contribution in [-0.2, 0) is 16.2 Å². The molecule has 0 aliphatic carbocycles. The first kappa shape index (κ1) is 28.9. The minimum absolute atomic E-state index is 0.119. The number of nitrogens with one attached hydrogen (secondary N) is 2. The molecule has 11 heteroatoms. The summed E-state index contributed by atoms with van der Waals surface area (Å²) in [6.45, 7) is 6.66. The highest BCUT2D eigenvalue weighted by Gasteiger charge is 2.30. The van der Waals surface area contributed by atoms with E-state index >= 15 is 0 Å². The molecule has 0 bridgehead atoms. The summed E-state index contributed by atoms with van der Waals surface area (Å²) in [5.74, 6) is 1.84. The molecular formula is C26H31F3N4O2S2. The fourth-order valence-corrected chi connectivity index (χ4v) is 5.12. The largest absolute Gasteiger partial charge is 0.416 e. The van der Waals surface area contributed by atoms with Gasteiger partial charge >= 0.3 is 6.18 Å². The number of aliphatic imine (C=N–C) groups is 2. The van der Waals surface area contributed by atoms with E-state index in [1.54, 1.807) is 30.0 Å². The second-order valence-electron chi connectivity index (χ2n) is 8.94. The van der Waals surface area contributed by atoms with Gasteiger partial charge in [-0.25, -0.2) is 13.1 Å². The number of hydrogen-bond acceptors (Lipinski definition) is 6. The second-order valence-corrected chi connectivity index (χ2v) is 11.9. The highest BCUT2D eigenvalue weighted by molar-refractivity contribution is 7.99. The number of anilines is 1. The Kier molecular flexibility index (Phi) is 9.60. The van der Waals surface area contributed by atoms with E-state index in [-0.39, 0.29) is 4.90 Å². The van der Waals surface area contributed by atoms with Crippen LogP contribution in [0.15, 0.2) is 73.9 Å². The van der Waals surface area contributed by atoms with Crippen LogP contribution < -0.4 is 10.0 Å². The first-order chi connectivity index (χ1) is 17.4. The predicted octanol–water partition coefficient (Wildman–Crippen LogP) is 6.68. The smallest absolute Gasteiger partial charge is 0.344 e. The Hall–Kier alpha value is -2.63.